The topological polar surface area (TPSA) is 38.1 Å². The predicted molar refractivity (Wildman–Crippen MR) is 71.2 cm³/mol. The molecule has 5 heteroatoms. The first-order valence-electron chi connectivity index (χ1n) is 5.13. The van der Waals surface area contributed by atoms with Gasteiger partial charge in [0, 0.05) is 12.1 Å². The third kappa shape index (κ3) is 2.25. The molecule has 1 aromatic heterocycles. The number of aliphatic hydroxyl groups excluding tert-OH is 1. The number of rotatable bonds is 2. The van der Waals surface area contributed by atoms with Gasteiger partial charge in [-0.1, -0.05) is 23.7 Å². The van der Waals surface area contributed by atoms with Crippen molar-refractivity contribution in [2.75, 3.05) is 0 Å². The van der Waals surface area contributed by atoms with Crippen molar-refractivity contribution in [2.45, 2.75) is 13.0 Å². The van der Waals surface area contributed by atoms with Crippen molar-refractivity contribution >= 4 is 27.5 Å². The fraction of sp³-hybridized carbons (Fsp3) is 0.250. The van der Waals surface area contributed by atoms with E-state index in [-0.39, 0.29) is 0 Å². The van der Waals surface area contributed by atoms with Gasteiger partial charge in [-0.05, 0) is 40.0 Å². The van der Waals surface area contributed by atoms with Gasteiger partial charge in [0.1, 0.15) is 6.10 Å². The molecular formula is C12H12BrClN2O. The molecule has 0 bridgehead atoms. The Hall–Kier alpha value is -0.840. The lowest BCUT2D eigenvalue weighted by atomic mass is 10.0. The van der Waals surface area contributed by atoms with E-state index in [0.717, 1.165) is 21.3 Å². The predicted octanol–water partition coefficient (Wildman–Crippen LogP) is 3.23. The lowest BCUT2D eigenvalue weighted by Crippen LogP contribution is -2.08. The van der Waals surface area contributed by atoms with Crippen LogP contribution in [0.15, 0.2) is 28.9 Å². The first kappa shape index (κ1) is 12.6. The van der Waals surface area contributed by atoms with Gasteiger partial charge < -0.3 is 5.11 Å². The van der Waals surface area contributed by atoms with E-state index in [1.807, 2.05) is 25.1 Å². The number of aliphatic hydroxyl groups is 1. The summed E-state index contributed by atoms with van der Waals surface area (Å²) in [4.78, 5) is 0. The van der Waals surface area contributed by atoms with Crippen LogP contribution in [0.4, 0.5) is 0 Å². The van der Waals surface area contributed by atoms with Crippen molar-refractivity contribution < 1.29 is 5.11 Å². The van der Waals surface area contributed by atoms with Gasteiger partial charge in [0.25, 0.3) is 0 Å². The molecule has 0 aliphatic heterocycles. The summed E-state index contributed by atoms with van der Waals surface area (Å²) >= 11 is 9.44. The summed E-state index contributed by atoms with van der Waals surface area (Å²) in [5.41, 5.74) is 2.40. The summed E-state index contributed by atoms with van der Waals surface area (Å²) in [5.74, 6) is 0. The number of aryl methyl sites for hydroxylation is 1. The van der Waals surface area contributed by atoms with Crippen LogP contribution in [0, 0.1) is 6.92 Å². The molecule has 0 saturated carbocycles. The lowest BCUT2D eigenvalue weighted by Gasteiger charge is -2.15. The number of nitrogens with zero attached hydrogens (tertiary/aromatic N) is 2. The Morgan fingerprint density at radius 1 is 1.47 bits per heavy atom. The highest BCUT2D eigenvalue weighted by Crippen LogP contribution is 2.31. The first-order valence-corrected chi connectivity index (χ1v) is 6.30. The number of hydrogen-bond donors (Lipinski definition) is 1. The molecule has 2 aromatic rings. The molecule has 1 heterocycles. The van der Waals surface area contributed by atoms with Crippen molar-refractivity contribution in [1.29, 1.82) is 0 Å². The van der Waals surface area contributed by atoms with Crippen LogP contribution in [0.25, 0.3) is 0 Å². The van der Waals surface area contributed by atoms with Crippen LogP contribution >= 0.6 is 27.5 Å². The zero-order valence-corrected chi connectivity index (χ0v) is 11.8. The molecular weight excluding hydrogens is 304 g/mol. The van der Waals surface area contributed by atoms with Gasteiger partial charge in [0.15, 0.2) is 0 Å². The number of benzene rings is 1. The Bertz CT molecular complexity index is 534. The van der Waals surface area contributed by atoms with E-state index in [1.165, 1.54) is 0 Å². The zero-order valence-electron chi connectivity index (χ0n) is 9.48. The fourth-order valence-electron chi connectivity index (χ4n) is 1.80. The van der Waals surface area contributed by atoms with Crippen molar-refractivity contribution in [3.8, 4) is 0 Å². The van der Waals surface area contributed by atoms with E-state index >= 15 is 0 Å². The largest absolute Gasteiger partial charge is 0.382 e. The molecule has 0 saturated heterocycles. The van der Waals surface area contributed by atoms with Crippen molar-refractivity contribution in [1.82, 2.24) is 9.78 Å². The maximum Gasteiger partial charge on any atom is 0.122 e. The summed E-state index contributed by atoms with van der Waals surface area (Å²) in [6, 6.07) is 5.51. The molecule has 0 radical (unpaired) electrons. The van der Waals surface area contributed by atoms with Gasteiger partial charge in [-0.25, -0.2) is 0 Å². The molecule has 1 aromatic carbocycles. The Morgan fingerprint density at radius 2 is 2.18 bits per heavy atom. The van der Waals surface area contributed by atoms with E-state index in [0.29, 0.717) is 5.02 Å². The molecule has 1 atom stereocenters. The van der Waals surface area contributed by atoms with E-state index in [4.69, 9.17) is 11.6 Å². The van der Waals surface area contributed by atoms with Crippen molar-refractivity contribution in [3.05, 3.63) is 50.7 Å². The Kier molecular flexibility index (Phi) is 3.56. The van der Waals surface area contributed by atoms with Crippen LogP contribution in [-0.4, -0.2) is 14.9 Å². The fourth-order valence-corrected chi connectivity index (χ4v) is 2.54. The minimum Gasteiger partial charge on any atom is -0.382 e. The first-order chi connectivity index (χ1) is 8.02. The number of hydrogen-bond acceptors (Lipinski definition) is 2. The lowest BCUT2D eigenvalue weighted by molar-refractivity contribution is 0.208. The molecule has 17 heavy (non-hydrogen) atoms. The van der Waals surface area contributed by atoms with Crippen LogP contribution < -0.4 is 0 Å². The maximum absolute atomic E-state index is 10.4. The summed E-state index contributed by atoms with van der Waals surface area (Å²) in [5, 5.41) is 15.1. The van der Waals surface area contributed by atoms with E-state index in [9.17, 15) is 5.11 Å². The second kappa shape index (κ2) is 4.80. The molecule has 3 nitrogen and oxygen atoms in total. The molecule has 2 rings (SSSR count). The monoisotopic (exact) mass is 314 g/mol. The molecule has 90 valence electrons. The second-order valence-corrected chi connectivity index (χ2v) is 5.12. The van der Waals surface area contributed by atoms with Crippen LogP contribution in [0.5, 0.6) is 0 Å². The highest BCUT2D eigenvalue weighted by molar-refractivity contribution is 9.10. The molecule has 0 spiro atoms. The summed E-state index contributed by atoms with van der Waals surface area (Å²) in [7, 11) is 1.79. The van der Waals surface area contributed by atoms with E-state index < -0.39 is 6.10 Å². The van der Waals surface area contributed by atoms with E-state index in [2.05, 4.69) is 21.0 Å². The average Bonchev–Trinajstić information content (AvgIpc) is 2.62. The minimum absolute atomic E-state index is 0.653. The van der Waals surface area contributed by atoms with Gasteiger partial charge in [0.2, 0.25) is 0 Å². The molecule has 0 fully saturated rings. The van der Waals surface area contributed by atoms with Crippen LogP contribution in [-0.2, 0) is 7.05 Å². The average molecular weight is 316 g/mol. The Labute approximate surface area is 113 Å². The van der Waals surface area contributed by atoms with E-state index in [1.54, 1.807) is 17.9 Å². The Morgan fingerprint density at radius 3 is 2.76 bits per heavy atom. The highest BCUT2D eigenvalue weighted by atomic mass is 79.9. The molecule has 0 aliphatic carbocycles. The van der Waals surface area contributed by atoms with Gasteiger partial charge in [-0.3, -0.25) is 4.68 Å². The van der Waals surface area contributed by atoms with Gasteiger partial charge >= 0.3 is 0 Å². The number of aromatic nitrogens is 2. The normalized spacial score (nSPS) is 12.8. The molecule has 0 amide bonds. The van der Waals surface area contributed by atoms with Gasteiger partial charge in [-0.2, -0.15) is 5.10 Å². The van der Waals surface area contributed by atoms with Gasteiger partial charge in [0.05, 0.1) is 16.4 Å². The van der Waals surface area contributed by atoms with Crippen molar-refractivity contribution in [3.63, 3.8) is 0 Å². The zero-order chi connectivity index (χ0) is 12.6. The molecule has 1 N–H and O–H groups in total. The maximum atomic E-state index is 10.4. The minimum atomic E-state index is -0.740. The SMILES string of the molecule is Cc1c(Cl)cccc1C(O)c1c(Br)cnn1C. The summed E-state index contributed by atoms with van der Waals surface area (Å²) in [6.07, 6.45) is 0.925. The number of halogens is 2. The van der Waals surface area contributed by atoms with Crippen molar-refractivity contribution in [2.24, 2.45) is 7.05 Å². The Balaban J connectivity index is 2.51. The smallest absolute Gasteiger partial charge is 0.122 e. The quantitative estimate of drug-likeness (QED) is 0.924. The highest BCUT2D eigenvalue weighted by Gasteiger charge is 2.20. The van der Waals surface area contributed by atoms with Gasteiger partial charge in [-0.15, -0.1) is 0 Å². The van der Waals surface area contributed by atoms with Crippen LogP contribution in [0.1, 0.15) is 22.9 Å². The third-order valence-corrected chi connectivity index (χ3v) is 3.82. The summed E-state index contributed by atoms with van der Waals surface area (Å²) in [6.45, 7) is 1.89. The standard InChI is InChI=1S/C12H12BrClN2O/c1-7-8(4-3-5-10(7)14)12(17)11-9(13)6-15-16(11)2/h3-6,12,17H,1-2H3. The molecule has 1 unspecified atom stereocenters. The van der Waals surface area contributed by atoms with Crippen LogP contribution in [0.2, 0.25) is 5.02 Å². The second-order valence-electron chi connectivity index (χ2n) is 3.86. The summed E-state index contributed by atoms with van der Waals surface area (Å²) < 4.78 is 2.43. The molecule has 0 aliphatic rings. The third-order valence-electron chi connectivity index (χ3n) is 2.80. The van der Waals surface area contributed by atoms with Crippen LogP contribution in [0.3, 0.4) is 0 Å².